The van der Waals surface area contributed by atoms with Gasteiger partial charge in [-0.3, -0.25) is 0 Å². The molecule has 0 unspecified atom stereocenters. The molecule has 3 aromatic rings. The molecule has 12 heteroatoms. The Morgan fingerprint density at radius 2 is 1.32 bits per heavy atom. The van der Waals surface area contributed by atoms with E-state index in [1.165, 1.54) is 45.6 Å². The molecule has 2 atom stereocenters. The molecule has 1 heterocycles. The van der Waals surface area contributed by atoms with Crippen molar-refractivity contribution in [3.05, 3.63) is 83.4 Å². The van der Waals surface area contributed by atoms with Gasteiger partial charge < -0.3 is 28.4 Å². The third-order valence-corrected chi connectivity index (χ3v) is 8.72. The second-order valence-electron chi connectivity index (χ2n) is 9.10. The summed E-state index contributed by atoms with van der Waals surface area (Å²) in [6.07, 6.45) is -3.04. The van der Waals surface area contributed by atoms with E-state index in [2.05, 4.69) is 0 Å². The molecule has 1 fully saturated rings. The summed E-state index contributed by atoms with van der Waals surface area (Å²) < 4.78 is 62.7. The van der Waals surface area contributed by atoms with Gasteiger partial charge in [0.2, 0.25) is 15.8 Å². The summed E-state index contributed by atoms with van der Waals surface area (Å²) in [6, 6.07) is 17.3. The number of aryl methyl sites for hydroxylation is 1. The summed E-state index contributed by atoms with van der Waals surface area (Å²) in [6.45, 7) is 1.80. The Balaban J connectivity index is 2.11. The number of rotatable bonds is 9. The average Bonchev–Trinajstić information content (AvgIpc) is 3.38. The predicted octanol–water partition coefficient (Wildman–Crippen LogP) is 3.57. The molecular weight excluding hydrogens is 554 g/mol. The average molecular weight is 586 g/mol. The minimum atomic E-state index is -4.64. The van der Waals surface area contributed by atoms with Crippen molar-refractivity contribution in [3.8, 4) is 17.2 Å². The second-order valence-corrected chi connectivity index (χ2v) is 10.9. The first-order valence-corrected chi connectivity index (χ1v) is 13.8. The van der Waals surface area contributed by atoms with Gasteiger partial charge in [-0.05, 0) is 42.3 Å². The van der Waals surface area contributed by atoms with Crippen molar-refractivity contribution < 1.29 is 46.4 Å². The van der Waals surface area contributed by atoms with Gasteiger partial charge in [0.05, 0.1) is 40.4 Å². The van der Waals surface area contributed by atoms with Gasteiger partial charge in [-0.25, -0.2) is 18.0 Å². The highest BCUT2D eigenvalue weighted by molar-refractivity contribution is 7.89. The maximum atomic E-state index is 14.5. The highest BCUT2D eigenvalue weighted by Crippen LogP contribution is 2.55. The Labute approximate surface area is 238 Å². The molecule has 0 bridgehead atoms. The van der Waals surface area contributed by atoms with E-state index in [-0.39, 0.29) is 27.7 Å². The Hall–Kier alpha value is -4.13. The first kappa shape index (κ1) is 29.8. The van der Waals surface area contributed by atoms with Gasteiger partial charge in [0, 0.05) is 0 Å². The molecule has 1 aliphatic heterocycles. The first-order valence-electron chi connectivity index (χ1n) is 12.4. The number of benzene rings is 3. The molecule has 218 valence electrons. The lowest BCUT2D eigenvalue weighted by Crippen LogP contribution is -2.62. The van der Waals surface area contributed by atoms with E-state index in [0.717, 1.165) is 24.1 Å². The van der Waals surface area contributed by atoms with Crippen LogP contribution in [-0.4, -0.2) is 65.7 Å². The number of carbonyl (C=O) groups excluding carboxylic acids is 2. The predicted molar refractivity (Wildman–Crippen MR) is 146 cm³/mol. The molecule has 1 aliphatic rings. The van der Waals surface area contributed by atoms with Crippen molar-refractivity contribution in [1.82, 2.24) is 4.31 Å². The Morgan fingerprint density at radius 1 is 0.780 bits per heavy atom. The number of sulfonamides is 1. The van der Waals surface area contributed by atoms with Crippen LogP contribution < -0.4 is 14.2 Å². The molecule has 0 saturated carbocycles. The van der Waals surface area contributed by atoms with Crippen LogP contribution in [0, 0.1) is 6.92 Å². The van der Waals surface area contributed by atoms with Crippen LogP contribution in [0.15, 0.2) is 71.6 Å². The van der Waals surface area contributed by atoms with Crippen LogP contribution >= 0.6 is 0 Å². The summed E-state index contributed by atoms with van der Waals surface area (Å²) in [4.78, 5) is 27.6. The van der Waals surface area contributed by atoms with Crippen molar-refractivity contribution >= 4 is 22.0 Å². The first-order chi connectivity index (χ1) is 19.6. The lowest BCUT2D eigenvalue weighted by molar-refractivity contribution is -0.169. The molecule has 11 nitrogen and oxygen atoms in total. The van der Waals surface area contributed by atoms with E-state index in [1.54, 1.807) is 49.4 Å². The van der Waals surface area contributed by atoms with Gasteiger partial charge in [0.25, 0.3) is 5.54 Å². The van der Waals surface area contributed by atoms with Gasteiger partial charge in [0.15, 0.2) is 17.7 Å². The number of ether oxygens (including phenoxy) is 6. The number of hydrogen-bond acceptors (Lipinski definition) is 10. The molecule has 0 radical (unpaired) electrons. The SMILES string of the molecule is COC(=O)C1(C(=O)OC)[C@H](c2cc(OC)c(OC)c(OC)c2)O[C@H](c2ccccc2)N1S(=O)(=O)c1ccc(C)cc1. The van der Waals surface area contributed by atoms with E-state index in [4.69, 9.17) is 28.4 Å². The fourth-order valence-corrected chi connectivity index (χ4v) is 6.67. The third-order valence-electron chi connectivity index (χ3n) is 6.85. The fraction of sp³-hybridized carbons (Fsp3) is 0.310. The van der Waals surface area contributed by atoms with Crippen molar-refractivity contribution in [2.24, 2.45) is 0 Å². The van der Waals surface area contributed by atoms with Crippen LogP contribution in [0.5, 0.6) is 17.2 Å². The molecule has 41 heavy (non-hydrogen) atoms. The molecule has 0 amide bonds. The van der Waals surface area contributed by atoms with Crippen molar-refractivity contribution in [2.45, 2.75) is 29.7 Å². The lowest BCUT2D eigenvalue weighted by Gasteiger charge is -2.35. The summed E-state index contributed by atoms with van der Waals surface area (Å²) >= 11 is 0. The van der Waals surface area contributed by atoms with E-state index < -0.39 is 39.8 Å². The second kappa shape index (κ2) is 11.8. The van der Waals surface area contributed by atoms with E-state index in [0.29, 0.717) is 5.56 Å². The van der Waals surface area contributed by atoms with Crippen molar-refractivity contribution in [1.29, 1.82) is 0 Å². The zero-order valence-electron chi connectivity index (χ0n) is 23.4. The Kier molecular flexibility index (Phi) is 8.57. The monoisotopic (exact) mass is 585 g/mol. The summed E-state index contributed by atoms with van der Waals surface area (Å²) in [5, 5.41) is 0. The van der Waals surface area contributed by atoms with Crippen molar-refractivity contribution in [2.75, 3.05) is 35.5 Å². The summed E-state index contributed by atoms with van der Waals surface area (Å²) in [5.74, 6) is -1.81. The molecule has 0 N–H and O–H groups in total. The smallest absolute Gasteiger partial charge is 0.342 e. The minimum Gasteiger partial charge on any atom is -0.493 e. The van der Waals surface area contributed by atoms with Crippen LogP contribution in [0.3, 0.4) is 0 Å². The van der Waals surface area contributed by atoms with Crippen LogP contribution in [0.25, 0.3) is 0 Å². The molecule has 4 rings (SSSR count). The number of methoxy groups -OCH3 is 5. The highest BCUT2D eigenvalue weighted by Gasteiger charge is 2.71. The van der Waals surface area contributed by atoms with Gasteiger partial charge in [0.1, 0.15) is 6.10 Å². The maximum Gasteiger partial charge on any atom is 0.342 e. The number of hydrogen-bond donors (Lipinski definition) is 0. The van der Waals surface area contributed by atoms with E-state index >= 15 is 0 Å². The standard InChI is InChI=1S/C29H31NO10S/c1-18-12-14-21(15-13-18)41(33,34)30-26(19-10-8-7-9-11-19)40-25(29(30,27(31)38-5)28(32)39-6)20-16-22(35-2)24(37-4)23(17-20)36-3/h7-17,25-26H,1-6H3/t25-,26+/m0/s1. The molecule has 0 spiro atoms. The lowest BCUT2D eigenvalue weighted by atomic mass is 9.87. The molecule has 1 saturated heterocycles. The maximum absolute atomic E-state index is 14.5. The van der Waals surface area contributed by atoms with Crippen molar-refractivity contribution in [3.63, 3.8) is 0 Å². The molecular formula is C29H31NO10S. The largest absolute Gasteiger partial charge is 0.493 e. The summed E-state index contributed by atoms with van der Waals surface area (Å²) in [5.41, 5.74) is -1.34. The number of nitrogens with zero attached hydrogens (tertiary/aromatic N) is 1. The van der Waals surface area contributed by atoms with Crippen LogP contribution in [0.2, 0.25) is 0 Å². The Bertz CT molecular complexity index is 1480. The molecule has 0 aromatic heterocycles. The minimum absolute atomic E-state index is 0.165. The summed E-state index contributed by atoms with van der Waals surface area (Å²) in [7, 11) is 1.66. The zero-order chi connectivity index (χ0) is 29.9. The van der Waals surface area contributed by atoms with Gasteiger partial charge in [-0.2, -0.15) is 0 Å². The third kappa shape index (κ3) is 4.88. The molecule has 0 aliphatic carbocycles. The van der Waals surface area contributed by atoms with Crippen LogP contribution in [0.1, 0.15) is 29.0 Å². The van der Waals surface area contributed by atoms with Gasteiger partial charge >= 0.3 is 11.9 Å². The van der Waals surface area contributed by atoms with E-state index in [9.17, 15) is 18.0 Å². The highest BCUT2D eigenvalue weighted by atomic mass is 32.2. The fourth-order valence-electron chi connectivity index (χ4n) is 4.92. The van der Waals surface area contributed by atoms with Gasteiger partial charge in [-0.15, -0.1) is 4.31 Å². The molecule has 3 aromatic carbocycles. The topological polar surface area (TPSA) is 127 Å². The number of esters is 2. The quantitative estimate of drug-likeness (QED) is 0.272. The van der Waals surface area contributed by atoms with Gasteiger partial charge in [-0.1, -0.05) is 48.0 Å². The Morgan fingerprint density at radius 3 is 1.78 bits per heavy atom. The number of carbonyl (C=O) groups is 2. The van der Waals surface area contributed by atoms with E-state index in [1.807, 2.05) is 0 Å². The van der Waals surface area contributed by atoms with Crippen LogP contribution in [-0.2, 0) is 33.8 Å². The zero-order valence-corrected chi connectivity index (χ0v) is 24.3. The van der Waals surface area contributed by atoms with Crippen LogP contribution in [0.4, 0.5) is 0 Å². The normalized spacial score (nSPS) is 18.4.